The molecule has 0 aliphatic carbocycles. The molecule has 0 saturated carbocycles. The van der Waals surface area contributed by atoms with E-state index < -0.39 is 0 Å². The third-order valence-corrected chi connectivity index (χ3v) is 4.24. The van der Waals surface area contributed by atoms with Crippen molar-refractivity contribution in [1.29, 1.82) is 0 Å². The largest absolute Gasteiger partial charge is 0.381 e. The van der Waals surface area contributed by atoms with E-state index in [9.17, 15) is 0 Å². The van der Waals surface area contributed by atoms with E-state index in [4.69, 9.17) is 10.5 Å². The predicted octanol–water partition coefficient (Wildman–Crippen LogP) is 2.79. The van der Waals surface area contributed by atoms with Gasteiger partial charge in [-0.15, -0.1) is 0 Å². The average Bonchev–Trinajstić information content (AvgIpc) is 2.43. The molecule has 1 rings (SSSR count). The second-order valence-corrected chi connectivity index (χ2v) is 5.56. The number of likely N-dealkylation sites (tertiary alicyclic amines) is 1. The van der Waals surface area contributed by atoms with Crippen LogP contribution in [0.5, 0.6) is 0 Å². The Hall–Kier alpha value is -0.120. The minimum absolute atomic E-state index is 0.476. The van der Waals surface area contributed by atoms with Crippen LogP contribution in [0.25, 0.3) is 0 Å². The van der Waals surface area contributed by atoms with E-state index >= 15 is 0 Å². The summed E-state index contributed by atoms with van der Waals surface area (Å²) < 4.78 is 5.42. The Morgan fingerprint density at radius 3 is 2.39 bits per heavy atom. The van der Waals surface area contributed by atoms with Crippen molar-refractivity contribution in [2.75, 3.05) is 26.7 Å². The normalized spacial score (nSPS) is 20.2. The van der Waals surface area contributed by atoms with Crippen LogP contribution in [0.1, 0.15) is 58.3 Å². The van der Waals surface area contributed by atoms with Crippen LogP contribution in [-0.4, -0.2) is 43.8 Å². The second kappa shape index (κ2) is 9.76. The van der Waals surface area contributed by atoms with Crippen LogP contribution in [0.3, 0.4) is 0 Å². The number of ether oxygens (including phenoxy) is 1. The highest BCUT2D eigenvalue weighted by molar-refractivity contribution is 4.79. The van der Waals surface area contributed by atoms with Crippen molar-refractivity contribution >= 4 is 0 Å². The lowest BCUT2D eigenvalue weighted by Gasteiger charge is -2.36. The van der Waals surface area contributed by atoms with E-state index in [1.807, 2.05) is 7.11 Å². The minimum atomic E-state index is 0.476. The fourth-order valence-electron chi connectivity index (χ4n) is 2.91. The third kappa shape index (κ3) is 5.68. The number of nitrogens with zero attached hydrogens (tertiary/aromatic N) is 1. The zero-order valence-corrected chi connectivity index (χ0v) is 12.4. The van der Waals surface area contributed by atoms with Gasteiger partial charge in [0.15, 0.2) is 0 Å². The number of methoxy groups -OCH3 is 1. The Morgan fingerprint density at radius 2 is 1.83 bits per heavy atom. The molecule has 1 aliphatic heterocycles. The number of unbranched alkanes of at least 4 members (excludes halogenated alkanes) is 4. The van der Waals surface area contributed by atoms with Crippen LogP contribution in [0, 0.1) is 0 Å². The first-order chi connectivity index (χ1) is 8.81. The van der Waals surface area contributed by atoms with Gasteiger partial charge in [-0.3, -0.25) is 4.90 Å². The molecule has 1 fully saturated rings. The van der Waals surface area contributed by atoms with Crippen molar-refractivity contribution in [3.63, 3.8) is 0 Å². The third-order valence-electron chi connectivity index (χ3n) is 4.24. The monoisotopic (exact) mass is 256 g/mol. The fourth-order valence-corrected chi connectivity index (χ4v) is 2.91. The quantitative estimate of drug-likeness (QED) is 0.645. The number of hydrogen-bond acceptors (Lipinski definition) is 3. The maximum Gasteiger partial charge on any atom is 0.0595 e. The van der Waals surface area contributed by atoms with Gasteiger partial charge in [-0.2, -0.15) is 0 Å². The topological polar surface area (TPSA) is 38.5 Å². The molecule has 0 aromatic carbocycles. The first-order valence-electron chi connectivity index (χ1n) is 7.78. The molecular weight excluding hydrogens is 224 g/mol. The maximum atomic E-state index is 5.94. The molecule has 1 unspecified atom stereocenters. The highest BCUT2D eigenvalue weighted by atomic mass is 16.5. The summed E-state index contributed by atoms with van der Waals surface area (Å²) in [7, 11) is 1.83. The zero-order valence-electron chi connectivity index (χ0n) is 12.4. The molecule has 1 heterocycles. The van der Waals surface area contributed by atoms with E-state index in [2.05, 4.69) is 11.8 Å². The van der Waals surface area contributed by atoms with Crippen LogP contribution >= 0.6 is 0 Å². The second-order valence-electron chi connectivity index (χ2n) is 5.56. The molecule has 0 radical (unpaired) electrons. The van der Waals surface area contributed by atoms with Crippen molar-refractivity contribution in [1.82, 2.24) is 4.90 Å². The molecule has 1 aliphatic rings. The summed E-state index contributed by atoms with van der Waals surface area (Å²) >= 11 is 0. The van der Waals surface area contributed by atoms with Gasteiger partial charge in [0, 0.05) is 32.8 Å². The number of nitrogens with two attached hydrogens (primary N) is 1. The van der Waals surface area contributed by atoms with Gasteiger partial charge in [0.05, 0.1) is 6.10 Å². The molecule has 0 bridgehead atoms. The van der Waals surface area contributed by atoms with Gasteiger partial charge in [-0.1, -0.05) is 39.0 Å². The molecule has 3 nitrogen and oxygen atoms in total. The van der Waals surface area contributed by atoms with E-state index in [-0.39, 0.29) is 0 Å². The van der Waals surface area contributed by atoms with Gasteiger partial charge in [0.25, 0.3) is 0 Å². The van der Waals surface area contributed by atoms with E-state index in [1.165, 1.54) is 51.4 Å². The number of rotatable bonds is 9. The Kier molecular flexibility index (Phi) is 8.64. The van der Waals surface area contributed by atoms with Crippen molar-refractivity contribution in [2.45, 2.75) is 70.4 Å². The fraction of sp³-hybridized carbons (Fsp3) is 1.00. The van der Waals surface area contributed by atoms with E-state index in [1.54, 1.807) is 0 Å². The zero-order chi connectivity index (χ0) is 13.2. The molecule has 18 heavy (non-hydrogen) atoms. The summed E-state index contributed by atoms with van der Waals surface area (Å²) in [4.78, 5) is 2.58. The van der Waals surface area contributed by atoms with Gasteiger partial charge in [-0.05, 0) is 19.3 Å². The average molecular weight is 256 g/mol. The molecule has 0 aromatic rings. The molecule has 2 N–H and O–H groups in total. The SMILES string of the molecule is CCCCCCCC(CN)N1CCC(OC)CC1. The van der Waals surface area contributed by atoms with Crippen molar-refractivity contribution in [3.05, 3.63) is 0 Å². The summed E-state index contributed by atoms with van der Waals surface area (Å²) in [5, 5.41) is 0. The summed E-state index contributed by atoms with van der Waals surface area (Å²) in [6.07, 6.45) is 10.9. The number of hydrogen-bond donors (Lipinski definition) is 1. The van der Waals surface area contributed by atoms with Crippen LogP contribution in [0.4, 0.5) is 0 Å². The molecule has 1 saturated heterocycles. The van der Waals surface area contributed by atoms with Crippen LogP contribution in [0.15, 0.2) is 0 Å². The first kappa shape index (κ1) is 15.9. The summed E-state index contributed by atoms with van der Waals surface area (Å²) in [6, 6.07) is 0.601. The van der Waals surface area contributed by atoms with Gasteiger partial charge in [-0.25, -0.2) is 0 Å². The molecule has 0 amide bonds. The van der Waals surface area contributed by atoms with E-state index in [0.717, 1.165) is 19.6 Å². The molecule has 108 valence electrons. The Bertz CT molecular complexity index is 191. The van der Waals surface area contributed by atoms with E-state index in [0.29, 0.717) is 12.1 Å². The van der Waals surface area contributed by atoms with Crippen molar-refractivity contribution in [2.24, 2.45) is 5.73 Å². The standard InChI is InChI=1S/C15H32N2O/c1-3-4-5-6-7-8-14(13-16)17-11-9-15(18-2)10-12-17/h14-15H,3-13,16H2,1-2H3. The first-order valence-corrected chi connectivity index (χ1v) is 7.78. The van der Waals surface area contributed by atoms with Gasteiger partial charge < -0.3 is 10.5 Å². The predicted molar refractivity (Wildman–Crippen MR) is 77.8 cm³/mol. The lowest BCUT2D eigenvalue weighted by molar-refractivity contribution is 0.0267. The Balaban J connectivity index is 2.16. The Morgan fingerprint density at radius 1 is 1.17 bits per heavy atom. The molecule has 3 heteroatoms. The molecule has 0 aromatic heterocycles. The summed E-state index contributed by atoms with van der Waals surface area (Å²) in [5.74, 6) is 0. The molecular formula is C15H32N2O. The number of piperidine rings is 1. The highest BCUT2D eigenvalue weighted by Crippen LogP contribution is 2.18. The molecule has 1 atom stereocenters. The Labute approximate surface area is 113 Å². The lowest BCUT2D eigenvalue weighted by Crippen LogP contribution is -2.46. The van der Waals surface area contributed by atoms with Crippen LogP contribution in [-0.2, 0) is 4.74 Å². The van der Waals surface area contributed by atoms with Gasteiger partial charge >= 0.3 is 0 Å². The maximum absolute atomic E-state index is 5.94. The minimum Gasteiger partial charge on any atom is -0.381 e. The highest BCUT2D eigenvalue weighted by Gasteiger charge is 2.23. The van der Waals surface area contributed by atoms with Gasteiger partial charge in [0.2, 0.25) is 0 Å². The van der Waals surface area contributed by atoms with Crippen LogP contribution in [0.2, 0.25) is 0 Å². The van der Waals surface area contributed by atoms with Crippen molar-refractivity contribution < 1.29 is 4.74 Å². The lowest BCUT2D eigenvalue weighted by atomic mass is 10.0. The summed E-state index contributed by atoms with van der Waals surface area (Å²) in [6.45, 7) is 5.40. The van der Waals surface area contributed by atoms with Gasteiger partial charge in [0.1, 0.15) is 0 Å². The smallest absolute Gasteiger partial charge is 0.0595 e. The summed E-state index contributed by atoms with van der Waals surface area (Å²) in [5.41, 5.74) is 5.94. The van der Waals surface area contributed by atoms with Crippen LogP contribution < -0.4 is 5.73 Å². The molecule has 0 spiro atoms. The van der Waals surface area contributed by atoms with Crippen molar-refractivity contribution in [3.8, 4) is 0 Å².